The third-order valence-corrected chi connectivity index (χ3v) is 4.71. The van der Waals surface area contributed by atoms with Gasteiger partial charge >= 0.3 is 0 Å². The molecule has 1 saturated heterocycles. The summed E-state index contributed by atoms with van der Waals surface area (Å²) in [5, 5.41) is 3.57. The summed E-state index contributed by atoms with van der Waals surface area (Å²) in [6, 6.07) is 0.691. The van der Waals surface area contributed by atoms with Gasteiger partial charge in [-0.25, -0.2) is 0 Å². The SMILES string of the molecule is CCC(CC)CNC(=NC)N1CCC(N(CC)CC)C1.I. The number of hydrogen-bond donors (Lipinski definition) is 1. The predicted octanol–water partition coefficient (Wildman–Crippen LogP) is 3.03. The number of rotatable bonds is 7. The normalized spacial score (nSPS) is 19.3. The van der Waals surface area contributed by atoms with Crippen molar-refractivity contribution in [2.45, 2.75) is 53.0 Å². The van der Waals surface area contributed by atoms with Gasteiger partial charge in [0.2, 0.25) is 0 Å². The van der Waals surface area contributed by atoms with Gasteiger partial charge in [-0.3, -0.25) is 9.89 Å². The van der Waals surface area contributed by atoms with E-state index in [9.17, 15) is 0 Å². The van der Waals surface area contributed by atoms with Gasteiger partial charge in [0.1, 0.15) is 0 Å². The summed E-state index contributed by atoms with van der Waals surface area (Å²) in [5.41, 5.74) is 0. The molecule has 1 aliphatic heterocycles. The predicted molar refractivity (Wildman–Crippen MR) is 104 cm³/mol. The Labute approximate surface area is 148 Å². The van der Waals surface area contributed by atoms with Crippen molar-refractivity contribution >= 4 is 29.9 Å². The molecule has 1 unspecified atom stereocenters. The van der Waals surface area contributed by atoms with Gasteiger partial charge in [0, 0.05) is 32.7 Å². The molecule has 0 bridgehead atoms. The van der Waals surface area contributed by atoms with Gasteiger partial charge < -0.3 is 10.2 Å². The van der Waals surface area contributed by atoms with Crippen LogP contribution in [0.1, 0.15) is 47.0 Å². The van der Waals surface area contributed by atoms with Gasteiger partial charge in [-0.2, -0.15) is 0 Å². The highest BCUT2D eigenvalue weighted by Gasteiger charge is 2.27. The van der Waals surface area contributed by atoms with Gasteiger partial charge in [-0.1, -0.05) is 40.5 Å². The number of hydrogen-bond acceptors (Lipinski definition) is 2. The second kappa shape index (κ2) is 11.5. The van der Waals surface area contributed by atoms with Crippen LogP contribution < -0.4 is 5.32 Å². The van der Waals surface area contributed by atoms with E-state index >= 15 is 0 Å². The molecule has 1 heterocycles. The van der Waals surface area contributed by atoms with Crippen LogP contribution in [0.3, 0.4) is 0 Å². The van der Waals surface area contributed by atoms with Crippen molar-refractivity contribution in [3.8, 4) is 0 Å². The van der Waals surface area contributed by atoms with E-state index in [0.29, 0.717) is 6.04 Å². The first-order valence-electron chi connectivity index (χ1n) is 8.39. The number of nitrogens with one attached hydrogen (secondary N) is 1. The van der Waals surface area contributed by atoms with Crippen LogP contribution in [-0.4, -0.2) is 61.6 Å². The molecule has 21 heavy (non-hydrogen) atoms. The van der Waals surface area contributed by atoms with Crippen LogP contribution in [0.15, 0.2) is 4.99 Å². The van der Waals surface area contributed by atoms with E-state index < -0.39 is 0 Å². The fraction of sp³-hybridized carbons (Fsp3) is 0.938. The number of halogens is 1. The summed E-state index contributed by atoms with van der Waals surface area (Å²) in [4.78, 5) is 9.45. The lowest BCUT2D eigenvalue weighted by atomic mass is 10.0. The van der Waals surface area contributed by atoms with Crippen molar-refractivity contribution in [3.05, 3.63) is 0 Å². The molecule has 0 amide bonds. The van der Waals surface area contributed by atoms with Crippen molar-refractivity contribution in [1.29, 1.82) is 0 Å². The monoisotopic (exact) mass is 410 g/mol. The molecule has 1 N–H and O–H groups in total. The summed E-state index contributed by atoms with van der Waals surface area (Å²) >= 11 is 0. The minimum atomic E-state index is 0. The average molecular weight is 410 g/mol. The molecule has 4 nitrogen and oxygen atoms in total. The molecule has 5 heteroatoms. The van der Waals surface area contributed by atoms with E-state index in [1.165, 1.54) is 19.3 Å². The van der Waals surface area contributed by atoms with Crippen molar-refractivity contribution in [2.24, 2.45) is 10.9 Å². The molecule has 1 fully saturated rings. The molecule has 0 aromatic carbocycles. The number of aliphatic imine (C=N–C) groups is 1. The van der Waals surface area contributed by atoms with Crippen LogP contribution in [0, 0.1) is 5.92 Å². The average Bonchev–Trinajstić information content (AvgIpc) is 2.95. The summed E-state index contributed by atoms with van der Waals surface area (Å²) in [6.07, 6.45) is 3.73. The number of likely N-dealkylation sites (tertiary alicyclic amines) is 1. The van der Waals surface area contributed by atoms with Crippen LogP contribution in [0.5, 0.6) is 0 Å². The lowest BCUT2D eigenvalue weighted by Crippen LogP contribution is -2.44. The van der Waals surface area contributed by atoms with Crippen LogP contribution in [0.25, 0.3) is 0 Å². The van der Waals surface area contributed by atoms with Crippen LogP contribution in [-0.2, 0) is 0 Å². The summed E-state index contributed by atoms with van der Waals surface area (Å²) in [6.45, 7) is 14.6. The van der Waals surface area contributed by atoms with Crippen molar-refractivity contribution < 1.29 is 0 Å². The fourth-order valence-electron chi connectivity index (χ4n) is 3.12. The first-order chi connectivity index (χ1) is 9.69. The summed E-state index contributed by atoms with van der Waals surface area (Å²) < 4.78 is 0. The number of nitrogens with zero attached hydrogens (tertiary/aromatic N) is 3. The number of guanidine groups is 1. The second-order valence-corrected chi connectivity index (χ2v) is 5.72. The van der Waals surface area contributed by atoms with Gasteiger partial charge in [-0.05, 0) is 25.4 Å². The van der Waals surface area contributed by atoms with E-state index in [-0.39, 0.29) is 24.0 Å². The van der Waals surface area contributed by atoms with Crippen LogP contribution in [0.2, 0.25) is 0 Å². The zero-order valence-electron chi connectivity index (χ0n) is 14.6. The maximum atomic E-state index is 4.47. The van der Waals surface area contributed by atoms with Gasteiger partial charge in [0.15, 0.2) is 5.96 Å². The number of likely N-dealkylation sites (N-methyl/N-ethyl adjacent to an activating group) is 1. The van der Waals surface area contributed by atoms with Crippen LogP contribution in [0.4, 0.5) is 0 Å². The smallest absolute Gasteiger partial charge is 0.193 e. The first kappa shape index (κ1) is 21.0. The zero-order valence-corrected chi connectivity index (χ0v) is 16.9. The maximum Gasteiger partial charge on any atom is 0.193 e. The highest BCUT2D eigenvalue weighted by Crippen LogP contribution is 2.15. The van der Waals surface area contributed by atoms with Gasteiger partial charge in [0.25, 0.3) is 0 Å². The van der Waals surface area contributed by atoms with E-state index in [0.717, 1.165) is 44.6 Å². The zero-order chi connectivity index (χ0) is 15.0. The quantitative estimate of drug-likeness (QED) is 0.398. The molecular weight excluding hydrogens is 375 g/mol. The van der Waals surface area contributed by atoms with Crippen molar-refractivity contribution in [2.75, 3.05) is 39.8 Å². The highest BCUT2D eigenvalue weighted by atomic mass is 127. The van der Waals surface area contributed by atoms with Gasteiger partial charge in [-0.15, -0.1) is 24.0 Å². The first-order valence-corrected chi connectivity index (χ1v) is 8.39. The van der Waals surface area contributed by atoms with E-state index in [4.69, 9.17) is 0 Å². The summed E-state index contributed by atoms with van der Waals surface area (Å²) in [7, 11) is 1.90. The second-order valence-electron chi connectivity index (χ2n) is 5.72. The molecule has 1 rings (SSSR count). The lowest BCUT2D eigenvalue weighted by Gasteiger charge is -2.27. The Bertz CT molecular complexity index is 288. The molecular formula is C16H35IN4. The highest BCUT2D eigenvalue weighted by molar-refractivity contribution is 14.0. The maximum absolute atomic E-state index is 4.47. The topological polar surface area (TPSA) is 30.9 Å². The third kappa shape index (κ3) is 6.30. The van der Waals surface area contributed by atoms with E-state index in [1.54, 1.807) is 0 Å². The lowest BCUT2D eigenvalue weighted by molar-refractivity contribution is 0.223. The molecule has 0 spiro atoms. The minimum absolute atomic E-state index is 0. The Hall–Kier alpha value is -0.0400. The van der Waals surface area contributed by atoms with E-state index in [1.807, 2.05) is 7.05 Å². The summed E-state index contributed by atoms with van der Waals surface area (Å²) in [5.74, 6) is 1.85. The standard InChI is InChI=1S/C16H34N4.HI/c1-6-14(7-2)12-18-16(17-5)20-11-10-15(13-20)19(8-3)9-4;/h14-15H,6-13H2,1-5H3,(H,17,18);1H. The molecule has 0 aromatic heterocycles. The van der Waals surface area contributed by atoms with E-state index in [2.05, 4.69) is 47.8 Å². The molecule has 1 atom stereocenters. The van der Waals surface area contributed by atoms with Crippen molar-refractivity contribution in [1.82, 2.24) is 15.1 Å². The van der Waals surface area contributed by atoms with Crippen molar-refractivity contribution in [3.63, 3.8) is 0 Å². The Morgan fingerprint density at radius 2 is 1.86 bits per heavy atom. The molecule has 0 radical (unpaired) electrons. The molecule has 1 aliphatic rings. The van der Waals surface area contributed by atoms with Crippen LogP contribution >= 0.6 is 24.0 Å². The molecule has 126 valence electrons. The fourth-order valence-corrected chi connectivity index (χ4v) is 3.12. The Morgan fingerprint density at radius 3 is 2.33 bits per heavy atom. The Morgan fingerprint density at radius 1 is 1.24 bits per heavy atom. The Balaban J connectivity index is 0.00000400. The minimum Gasteiger partial charge on any atom is -0.356 e. The molecule has 0 saturated carbocycles. The third-order valence-electron chi connectivity index (χ3n) is 4.71. The molecule has 0 aliphatic carbocycles. The van der Waals surface area contributed by atoms with Gasteiger partial charge in [0.05, 0.1) is 0 Å². The Kier molecular flexibility index (Phi) is 11.5. The molecule has 0 aromatic rings. The largest absolute Gasteiger partial charge is 0.356 e.